The third-order valence-corrected chi connectivity index (χ3v) is 6.06. The van der Waals surface area contributed by atoms with E-state index in [0.29, 0.717) is 22.2 Å². The molecule has 2 heterocycles. The molecule has 2 aromatic carbocycles. The third-order valence-electron chi connectivity index (χ3n) is 6.06. The number of nitrogens with zero attached hydrogens (tertiary/aromatic N) is 1. The molecule has 1 aromatic heterocycles. The number of aromatic nitrogens is 1. The molecule has 3 aromatic rings. The van der Waals surface area contributed by atoms with Crippen LogP contribution in [-0.2, 0) is 11.2 Å². The molecule has 1 aliphatic carbocycles. The van der Waals surface area contributed by atoms with Gasteiger partial charge in [-0.05, 0) is 42.9 Å². The van der Waals surface area contributed by atoms with Crippen LogP contribution in [0.3, 0.4) is 0 Å². The van der Waals surface area contributed by atoms with Crippen LogP contribution in [-0.4, -0.2) is 39.4 Å². The number of likely N-dealkylation sites (N-methyl/N-ethyl adjacent to an activating group) is 1. The van der Waals surface area contributed by atoms with E-state index in [-0.39, 0.29) is 40.0 Å². The fourth-order valence-electron chi connectivity index (χ4n) is 4.29. The van der Waals surface area contributed by atoms with Crippen molar-refractivity contribution in [1.82, 2.24) is 10.3 Å². The number of aromatic hydroxyl groups is 2. The van der Waals surface area contributed by atoms with Crippen molar-refractivity contribution in [3.05, 3.63) is 76.1 Å². The molecule has 182 valence electrons. The van der Waals surface area contributed by atoms with E-state index < -0.39 is 34.8 Å². The van der Waals surface area contributed by atoms with Crippen LogP contribution in [0.25, 0.3) is 44.3 Å². The minimum Gasteiger partial charge on any atom is -0.506 e. The third kappa shape index (κ3) is 3.77. The van der Waals surface area contributed by atoms with Gasteiger partial charge >= 0.3 is 5.97 Å². The summed E-state index contributed by atoms with van der Waals surface area (Å²) in [7, 11) is 1.51. The molecule has 1 aliphatic heterocycles. The lowest BCUT2D eigenvalue weighted by Gasteiger charge is -2.18. The van der Waals surface area contributed by atoms with Crippen molar-refractivity contribution in [2.45, 2.75) is 12.5 Å². The molecule has 0 saturated heterocycles. The van der Waals surface area contributed by atoms with Crippen LogP contribution >= 0.6 is 0 Å². The molecule has 0 saturated carbocycles. The summed E-state index contributed by atoms with van der Waals surface area (Å²) in [5.74, 6) is -3.87. The van der Waals surface area contributed by atoms with Crippen molar-refractivity contribution < 1.29 is 33.3 Å². The van der Waals surface area contributed by atoms with Crippen molar-refractivity contribution in [3.63, 3.8) is 0 Å². The lowest BCUT2D eigenvalue weighted by Crippen LogP contribution is -2.36. The van der Waals surface area contributed by atoms with Gasteiger partial charge in [-0.15, -0.1) is 0 Å². The average Bonchev–Trinajstić information content (AvgIpc) is 2.84. The molecule has 1 atom stereocenters. The van der Waals surface area contributed by atoms with Crippen LogP contribution < -0.4 is 10.7 Å². The summed E-state index contributed by atoms with van der Waals surface area (Å²) < 4.78 is 34.5. The first-order chi connectivity index (χ1) is 17.2. The van der Waals surface area contributed by atoms with E-state index in [2.05, 4.69) is 10.3 Å². The summed E-state index contributed by atoms with van der Waals surface area (Å²) in [6, 6.07) is 9.27. The number of phenolic OH excluding ortho intramolecular Hbond substituents is 2. The second-order valence-electron chi connectivity index (χ2n) is 8.27. The summed E-state index contributed by atoms with van der Waals surface area (Å²) in [4.78, 5) is 27.8. The zero-order valence-electron chi connectivity index (χ0n) is 18.7. The fraction of sp³-hybridized carbons (Fsp3) is 0.115. The van der Waals surface area contributed by atoms with E-state index in [1.54, 1.807) is 12.1 Å². The maximum atomic E-state index is 14.4. The van der Waals surface area contributed by atoms with Gasteiger partial charge in [0, 0.05) is 46.1 Å². The van der Waals surface area contributed by atoms with Gasteiger partial charge in [-0.3, -0.25) is 9.59 Å². The highest BCUT2D eigenvalue weighted by atomic mass is 19.1. The van der Waals surface area contributed by atoms with Crippen LogP contribution in [0.2, 0.25) is 0 Å². The number of phenols is 2. The second-order valence-corrected chi connectivity index (χ2v) is 8.27. The number of halogens is 2. The fourth-order valence-corrected chi connectivity index (χ4v) is 4.29. The zero-order valence-corrected chi connectivity index (χ0v) is 18.7. The Morgan fingerprint density at radius 3 is 2.50 bits per heavy atom. The van der Waals surface area contributed by atoms with Gasteiger partial charge < -0.3 is 25.1 Å². The van der Waals surface area contributed by atoms with Crippen molar-refractivity contribution in [2.24, 2.45) is 0 Å². The lowest BCUT2D eigenvalue weighted by atomic mass is 9.91. The summed E-state index contributed by atoms with van der Waals surface area (Å²) in [6.45, 7) is 0. The molecule has 0 fully saturated rings. The van der Waals surface area contributed by atoms with E-state index in [9.17, 15) is 33.7 Å². The predicted octanol–water partition coefficient (Wildman–Crippen LogP) is 4.02. The standard InChI is InChI=1S/C26H18F2N2O6/c1-29-18(26(34)35)6-11-2-3-13-12(4-5-19(31)25(13)30-11)24-14-7-16(27)20(32)9-22(14)36-23-10-21(33)17(28)8-15(23)24/h2-5,7-10,18,29,31-32H,6H2,1H3,(H,34,35)/t18-/m0/s1. The van der Waals surface area contributed by atoms with E-state index in [0.717, 1.165) is 24.3 Å². The average molecular weight is 492 g/mol. The lowest BCUT2D eigenvalue weighted by molar-refractivity contribution is -0.139. The number of carbonyl (C=O) groups is 1. The number of carboxylic acid groups (broad SMARTS) is 1. The highest BCUT2D eigenvalue weighted by molar-refractivity contribution is 6.09. The molecule has 0 bridgehead atoms. The van der Waals surface area contributed by atoms with E-state index in [1.165, 1.54) is 19.2 Å². The first kappa shape index (κ1) is 23.2. The molecule has 36 heavy (non-hydrogen) atoms. The Hall–Kier alpha value is -4.57. The molecule has 0 amide bonds. The molecule has 2 aliphatic rings. The smallest absolute Gasteiger partial charge is 0.321 e. The van der Waals surface area contributed by atoms with Crippen LogP contribution in [0, 0.1) is 11.6 Å². The Labute approximate surface area is 201 Å². The normalized spacial score (nSPS) is 12.4. The number of pyridine rings is 1. The van der Waals surface area contributed by atoms with E-state index in [4.69, 9.17) is 4.42 Å². The van der Waals surface area contributed by atoms with Crippen molar-refractivity contribution in [3.8, 4) is 33.9 Å². The molecular weight excluding hydrogens is 474 g/mol. The molecular formula is C26H18F2N2O6. The molecule has 5 rings (SSSR count). The van der Waals surface area contributed by atoms with Crippen LogP contribution in [0.5, 0.6) is 11.5 Å². The van der Waals surface area contributed by atoms with Gasteiger partial charge in [0.2, 0.25) is 5.43 Å². The minimum absolute atomic E-state index is 0.0130. The maximum Gasteiger partial charge on any atom is 0.321 e. The largest absolute Gasteiger partial charge is 0.506 e. The molecule has 0 unspecified atom stereocenters. The van der Waals surface area contributed by atoms with Gasteiger partial charge in [-0.25, -0.2) is 13.8 Å². The van der Waals surface area contributed by atoms with Gasteiger partial charge in [0.1, 0.15) is 28.7 Å². The number of carboxylic acids is 1. The summed E-state index contributed by atoms with van der Waals surface area (Å²) in [5, 5.41) is 33.0. The molecule has 0 radical (unpaired) electrons. The predicted molar refractivity (Wildman–Crippen MR) is 127 cm³/mol. The van der Waals surface area contributed by atoms with Crippen molar-refractivity contribution in [1.29, 1.82) is 0 Å². The Bertz CT molecular complexity index is 1720. The second kappa shape index (κ2) is 8.58. The molecule has 4 N–H and O–H groups in total. The topological polar surface area (TPSA) is 133 Å². The van der Waals surface area contributed by atoms with Gasteiger partial charge in [-0.2, -0.15) is 0 Å². The number of nitrogens with one attached hydrogen (secondary N) is 1. The molecule has 10 heteroatoms. The first-order valence-electron chi connectivity index (χ1n) is 10.8. The number of hydrogen-bond donors (Lipinski definition) is 4. The van der Waals surface area contributed by atoms with Crippen molar-refractivity contribution >= 4 is 27.8 Å². The Morgan fingerprint density at radius 1 is 1.00 bits per heavy atom. The van der Waals surface area contributed by atoms with Crippen LogP contribution in [0.1, 0.15) is 5.69 Å². The SMILES string of the molecule is CN[C@@H](Cc1ccc2c(-c3c4cc(F)c(=O)cc-4oc4cc(O)c(F)cc34)ccc(O)c2n1)C(=O)O. The van der Waals surface area contributed by atoms with Crippen LogP contribution in [0.15, 0.2) is 57.7 Å². The Balaban J connectivity index is 1.84. The van der Waals surface area contributed by atoms with Crippen molar-refractivity contribution in [2.75, 3.05) is 7.05 Å². The number of benzene rings is 3. The quantitative estimate of drug-likeness (QED) is 0.271. The monoisotopic (exact) mass is 492 g/mol. The number of fused-ring (bicyclic) bond motifs is 3. The van der Waals surface area contributed by atoms with Gasteiger partial charge in [0.05, 0.1) is 0 Å². The Morgan fingerprint density at radius 2 is 1.78 bits per heavy atom. The minimum atomic E-state index is -1.06. The molecule has 0 spiro atoms. The highest BCUT2D eigenvalue weighted by Crippen LogP contribution is 2.44. The summed E-state index contributed by atoms with van der Waals surface area (Å²) in [6.07, 6.45) is 0.0451. The van der Waals surface area contributed by atoms with Gasteiger partial charge in [0.15, 0.2) is 17.4 Å². The highest BCUT2D eigenvalue weighted by Gasteiger charge is 2.23. The zero-order chi connectivity index (χ0) is 25.7. The molecule has 8 nitrogen and oxygen atoms in total. The van der Waals surface area contributed by atoms with Gasteiger partial charge in [0.25, 0.3) is 0 Å². The van der Waals surface area contributed by atoms with E-state index >= 15 is 0 Å². The number of hydrogen-bond acceptors (Lipinski definition) is 7. The number of rotatable bonds is 5. The summed E-state index contributed by atoms with van der Waals surface area (Å²) >= 11 is 0. The maximum absolute atomic E-state index is 14.4. The van der Waals surface area contributed by atoms with Gasteiger partial charge in [-0.1, -0.05) is 6.07 Å². The van der Waals surface area contributed by atoms with E-state index in [1.807, 2.05) is 0 Å². The Kier molecular flexibility index (Phi) is 5.52. The summed E-state index contributed by atoms with van der Waals surface area (Å²) in [5.41, 5.74) is 0.567. The number of aliphatic carboxylic acids is 1. The van der Waals surface area contributed by atoms with Crippen LogP contribution in [0.4, 0.5) is 8.78 Å². The first-order valence-corrected chi connectivity index (χ1v) is 10.8.